The summed E-state index contributed by atoms with van der Waals surface area (Å²) in [6, 6.07) is 0. The molecule has 0 aromatic rings. The van der Waals surface area contributed by atoms with E-state index in [0.717, 1.165) is 26.3 Å². The van der Waals surface area contributed by atoms with Gasteiger partial charge in [0.1, 0.15) is 0 Å². The lowest BCUT2D eigenvalue weighted by molar-refractivity contribution is -0.137. The average molecular weight is 232 g/mol. The third-order valence-electron chi connectivity index (χ3n) is 1.75. The van der Waals surface area contributed by atoms with Crippen molar-refractivity contribution in [2.75, 3.05) is 32.8 Å². The quantitative estimate of drug-likeness (QED) is 0.775. The van der Waals surface area contributed by atoms with Crippen molar-refractivity contribution in [3.63, 3.8) is 0 Å². The molecule has 0 amide bonds. The van der Waals surface area contributed by atoms with Crippen LogP contribution in [-0.4, -0.2) is 48.8 Å². The summed E-state index contributed by atoms with van der Waals surface area (Å²) in [5.74, 6) is -0.725. The summed E-state index contributed by atoms with van der Waals surface area (Å²) in [7, 11) is 0. The predicted octanol–water partition coefficient (Wildman–Crippen LogP) is 0.637. The summed E-state index contributed by atoms with van der Waals surface area (Å²) in [5, 5.41) is 8.39. The number of carboxylic acids is 1. The van der Waals surface area contributed by atoms with E-state index in [1.807, 2.05) is 0 Å². The van der Waals surface area contributed by atoms with Crippen LogP contribution in [0.3, 0.4) is 0 Å². The minimum Gasteiger partial charge on any atom is -0.481 e. The van der Waals surface area contributed by atoms with Gasteiger partial charge in [0.25, 0.3) is 0 Å². The molecule has 0 aliphatic carbocycles. The molecular weight excluding hydrogens is 217 g/mol. The van der Waals surface area contributed by atoms with Crippen LogP contribution in [0.4, 0.5) is 0 Å². The van der Waals surface area contributed by atoms with Gasteiger partial charge in [0.2, 0.25) is 0 Å². The molecule has 6 heteroatoms. The molecule has 13 heavy (non-hydrogen) atoms. The zero-order valence-corrected chi connectivity index (χ0v) is 8.90. The molecule has 1 rings (SSSR count). The van der Waals surface area contributed by atoms with Crippen LogP contribution in [0.15, 0.2) is 0 Å². The van der Waals surface area contributed by atoms with E-state index < -0.39 is 5.97 Å². The van der Waals surface area contributed by atoms with Gasteiger partial charge in [-0.2, -0.15) is 0 Å². The molecule has 0 radical (unpaired) electrons. The van der Waals surface area contributed by atoms with E-state index in [2.05, 4.69) is 4.90 Å². The smallest absolute Gasteiger partial charge is 0.304 e. The van der Waals surface area contributed by atoms with Gasteiger partial charge in [0.15, 0.2) is 0 Å². The van der Waals surface area contributed by atoms with E-state index >= 15 is 0 Å². The molecule has 1 heterocycles. The summed E-state index contributed by atoms with van der Waals surface area (Å²) in [5.41, 5.74) is 0. The van der Waals surface area contributed by atoms with Crippen molar-refractivity contribution >= 4 is 30.8 Å². The number of halogens is 2. The van der Waals surface area contributed by atoms with Crippen molar-refractivity contribution in [3.05, 3.63) is 0 Å². The number of nitrogens with zero attached hydrogens (tertiary/aromatic N) is 1. The zero-order valence-electron chi connectivity index (χ0n) is 7.27. The lowest BCUT2D eigenvalue weighted by Crippen LogP contribution is -2.37. The molecule has 1 aliphatic rings. The molecule has 0 bridgehead atoms. The number of aliphatic carboxylic acids is 1. The molecular formula is C7H15Cl2NO3. The minimum absolute atomic E-state index is 0. The molecule has 0 saturated carbocycles. The fourth-order valence-electron chi connectivity index (χ4n) is 1.08. The van der Waals surface area contributed by atoms with Gasteiger partial charge in [0.05, 0.1) is 19.6 Å². The second kappa shape index (κ2) is 8.56. The number of morpholine rings is 1. The maximum Gasteiger partial charge on any atom is 0.304 e. The van der Waals surface area contributed by atoms with Crippen molar-refractivity contribution in [2.24, 2.45) is 0 Å². The number of hydrogen-bond donors (Lipinski definition) is 1. The average Bonchev–Trinajstić information content (AvgIpc) is 2.03. The van der Waals surface area contributed by atoms with Crippen LogP contribution in [0, 0.1) is 0 Å². The molecule has 1 fully saturated rings. The lowest BCUT2D eigenvalue weighted by Gasteiger charge is -2.25. The summed E-state index contributed by atoms with van der Waals surface area (Å²) < 4.78 is 5.12. The SMILES string of the molecule is Cl.Cl.O=C(O)CCN1CCOCC1. The first-order chi connectivity index (χ1) is 5.29. The summed E-state index contributed by atoms with van der Waals surface area (Å²) in [4.78, 5) is 12.3. The highest BCUT2D eigenvalue weighted by molar-refractivity contribution is 5.85. The second-order valence-corrected chi connectivity index (χ2v) is 2.60. The monoisotopic (exact) mass is 231 g/mol. The van der Waals surface area contributed by atoms with E-state index in [1.165, 1.54) is 0 Å². The molecule has 0 spiro atoms. The van der Waals surface area contributed by atoms with Gasteiger partial charge >= 0.3 is 5.97 Å². The Morgan fingerprint density at radius 1 is 1.31 bits per heavy atom. The molecule has 0 atom stereocenters. The Hall–Kier alpha value is -0.0300. The minimum atomic E-state index is -0.725. The fraction of sp³-hybridized carbons (Fsp3) is 0.857. The molecule has 80 valence electrons. The van der Waals surface area contributed by atoms with Crippen molar-refractivity contribution in [3.8, 4) is 0 Å². The van der Waals surface area contributed by atoms with Crippen LogP contribution in [0.25, 0.3) is 0 Å². The summed E-state index contributed by atoms with van der Waals surface area (Å²) >= 11 is 0. The predicted molar refractivity (Wildman–Crippen MR) is 54.0 cm³/mol. The van der Waals surface area contributed by atoms with Gasteiger partial charge < -0.3 is 9.84 Å². The van der Waals surface area contributed by atoms with Crippen molar-refractivity contribution in [1.29, 1.82) is 0 Å². The van der Waals surface area contributed by atoms with Gasteiger partial charge in [0, 0.05) is 19.6 Å². The Bertz CT molecular complexity index is 140. The first kappa shape index (κ1) is 15.4. The van der Waals surface area contributed by atoms with Gasteiger partial charge in [-0.1, -0.05) is 0 Å². The molecule has 1 aliphatic heterocycles. The van der Waals surface area contributed by atoms with Crippen LogP contribution in [-0.2, 0) is 9.53 Å². The Morgan fingerprint density at radius 3 is 2.31 bits per heavy atom. The zero-order chi connectivity index (χ0) is 8.10. The Labute approximate surface area is 90.1 Å². The largest absolute Gasteiger partial charge is 0.481 e. The van der Waals surface area contributed by atoms with Crippen molar-refractivity contribution in [1.82, 2.24) is 4.90 Å². The van der Waals surface area contributed by atoms with E-state index in [1.54, 1.807) is 0 Å². The van der Waals surface area contributed by atoms with Gasteiger partial charge in [-0.15, -0.1) is 24.8 Å². The van der Waals surface area contributed by atoms with Crippen LogP contribution in [0.1, 0.15) is 6.42 Å². The fourth-order valence-corrected chi connectivity index (χ4v) is 1.08. The maximum absolute atomic E-state index is 10.2. The Balaban J connectivity index is 0. The van der Waals surface area contributed by atoms with E-state index in [9.17, 15) is 4.79 Å². The first-order valence-corrected chi connectivity index (χ1v) is 3.81. The topological polar surface area (TPSA) is 49.8 Å². The lowest BCUT2D eigenvalue weighted by atomic mass is 10.3. The Kier molecular flexibility index (Phi) is 10.2. The highest BCUT2D eigenvalue weighted by Gasteiger charge is 2.10. The molecule has 1 N–H and O–H groups in total. The van der Waals surface area contributed by atoms with Crippen LogP contribution in [0.5, 0.6) is 0 Å². The highest BCUT2D eigenvalue weighted by atomic mass is 35.5. The van der Waals surface area contributed by atoms with Crippen LogP contribution in [0.2, 0.25) is 0 Å². The van der Waals surface area contributed by atoms with Gasteiger partial charge in [-0.05, 0) is 0 Å². The third-order valence-corrected chi connectivity index (χ3v) is 1.75. The number of carboxylic acid groups (broad SMARTS) is 1. The summed E-state index contributed by atoms with van der Waals surface area (Å²) in [6.07, 6.45) is 0.236. The Morgan fingerprint density at radius 2 is 1.85 bits per heavy atom. The number of hydrogen-bond acceptors (Lipinski definition) is 3. The summed E-state index contributed by atoms with van der Waals surface area (Å²) in [6.45, 7) is 3.86. The van der Waals surface area contributed by atoms with Crippen LogP contribution >= 0.6 is 24.8 Å². The normalized spacial score (nSPS) is 16.9. The molecule has 1 saturated heterocycles. The third kappa shape index (κ3) is 7.07. The van der Waals surface area contributed by atoms with Crippen molar-refractivity contribution in [2.45, 2.75) is 6.42 Å². The number of ether oxygens (including phenoxy) is 1. The standard InChI is InChI=1S/C7H13NO3.2ClH/c9-7(10)1-2-8-3-5-11-6-4-8;;/h1-6H2,(H,9,10);2*1H. The number of carbonyl (C=O) groups is 1. The first-order valence-electron chi connectivity index (χ1n) is 3.81. The van der Waals surface area contributed by atoms with Crippen molar-refractivity contribution < 1.29 is 14.6 Å². The van der Waals surface area contributed by atoms with E-state index in [4.69, 9.17) is 9.84 Å². The molecule has 0 aromatic heterocycles. The number of rotatable bonds is 3. The van der Waals surface area contributed by atoms with Gasteiger partial charge in [-0.3, -0.25) is 9.69 Å². The van der Waals surface area contributed by atoms with E-state index in [0.29, 0.717) is 6.54 Å². The van der Waals surface area contributed by atoms with Crippen LogP contribution < -0.4 is 0 Å². The highest BCUT2D eigenvalue weighted by Crippen LogP contribution is 1.97. The second-order valence-electron chi connectivity index (χ2n) is 2.60. The molecule has 0 aromatic carbocycles. The molecule has 0 unspecified atom stereocenters. The molecule has 4 nitrogen and oxygen atoms in total. The maximum atomic E-state index is 10.2. The van der Waals surface area contributed by atoms with E-state index in [-0.39, 0.29) is 31.2 Å². The van der Waals surface area contributed by atoms with Gasteiger partial charge in [-0.25, -0.2) is 0 Å².